The molecule has 0 fully saturated rings. The van der Waals surface area contributed by atoms with Crippen LogP contribution in [0.5, 0.6) is 0 Å². The van der Waals surface area contributed by atoms with Crippen molar-refractivity contribution < 1.29 is 4.79 Å². The van der Waals surface area contributed by atoms with Gasteiger partial charge in [-0.25, -0.2) is 4.98 Å². The lowest BCUT2D eigenvalue weighted by molar-refractivity contribution is 0.103. The van der Waals surface area contributed by atoms with Crippen LogP contribution in [-0.4, -0.2) is 10.8 Å². The SMILES string of the molecule is C/C(Nc1ccccn1)=C(/C#N)C(=O)c1ccccc1. The first-order valence-corrected chi connectivity index (χ1v) is 6.11. The standard InChI is InChI=1S/C16H13N3O/c1-12(19-15-9-5-6-10-18-15)14(11-17)16(20)13-7-3-2-4-8-13/h2-10H,1H3,(H,18,19)/b14-12+. The number of hydrogen-bond acceptors (Lipinski definition) is 4. The number of anilines is 1. The van der Waals surface area contributed by atoms with Crippen LogP contribution in [0.4, 0.5) is 5.82 Å². The van der Waals surface area contributed by atoms with Crippen LogP contribution >= 0.6 is 0 Å². The van der Waals surface area contributed by atoms with Gasteiger partial charge in [0.15, 0.2) is 0 Å². The van der Waals surface area contributed by atoms with E-state index < -0.39 is 0 Å². The lowest BCUT2D eigenvalue weighted by Crippen LogP contribution is -2.09. The fourth-order valence-corrected chi connectivity index (χ4v) is 1.73. The van der Waals surface area contributed by atoms with Crippen LogP contribution in [0, 0.1) is 11.3 Å². The van der Waals surface area contributed by atoms with Crippen LogP contribution in [-0.2, 0) is 0 Å². The number of Topliss-reactive ketones (excluding diaryl/α,β-unsaturated/α-hetero) is 1. The maximum absolute atomic E-state index is 12.3. The Kier molecular flexibility index (Phi) is 4.25. The number of rotatable bonds is 4. The fourth-order valence-electron chi connectivity index (χ4n) is 1.73. The summed E-state index contributed by atoms with van der Waals surface area (Å²) in [5.41, 5.74) is 1.06. The number of pyridine rings is 1. The second-order valence-corrected chi connectivity index (χ2v) is 4.15. The first-order chi connectivity index (χ1) is 9.72. The zero-order valence-corrected chi connectivity index (χ0v) is 11.0. The highest BCUT2D eigenvalue weighted by Gasteiger charge is 2.15. The number of aromatic nitrogens is 1. The lowest BCUT2D eigenvalue weighted by atomic mass is 10.0. The molecule has 0 aliphatic rings. The number of nitrogens with zero attached hydrogens (tertiary/aromatic N) is 2. The highest BCUT2D eigenvalue weighted by atomic mass is 16.1. The van der Waals surface area contributed by atoms with Gasteiger partial charge < -0.3 is 5.32 Å². The highest BCUT2D eigenvalue weighted by molar-refractivity contribution is 6.11. The van der Waals surface area contributed by atoms with Gasteiger partial charge in [0.25, 0.3) is 0 Å². The average Bonchev–Trinajstić information content (AvgIpc) is 2.49. The first kappa shape index (κ1) is 13.5. The molecule has 0 saturated heterocycles. The van der Waals surface area contributed by atoms with Crippen LogP contribution in [0.25, 0.3) is 0 Å². The van der Waals surface area contributed by atoms with Crippen molar-refractivity contribution in [2.75, 3.05) is 5.32 Å². The van der Waals surface area contributed by atoms with E-state index in [-0.39, 0.29) is 11.4 Å². The molecule has 4 nitrogen and oxygen atoms in total. The Morgan fingerprint density at radius 1 is 1.15 bits per heavy atom. The van der Waals surface area contributed by atoms with Crippen LogP contribution in [0.15, 0.2) is 66.0 Å². The minimum Gasteiger partial charge on any atom is -0.343 e. The predicted octanol–water partition coefficient (Wildman–Crippen LogP) is 3.17. The van der Waals surface area contributed by atoms with Gasteiger partial charge in [-0.2, -0.15) is 5.26 Å². The van der Waals surface area contributed by atoms with Gasteiger partial charge in [-0.05, 0) is 19.1 Å². The lowest BCUT2D eigenvalue weighted by Gasteiger charge is -2.07. The number of nitrogens with one attached hydrogen (secondary N) is 1. The Morgan fingerprint density at radius 3 is 2.45 bits per heavy atom. The van der Waals surface area contributed by atoms with Crippen LogP contribution < -0.4 is 5.32 Å². The van der Waals surface area contributed by atoms with E-state index in [9.17, 15) is 10.1 Å². The van der Waals surface area contributed by atoms with E-state index in [1.165, 1.54) is 0 Å². The number of benzene rings is 1. The summed E-state index contributed by atoms with van der Waals surface area (Å²) < 4.78 is 0. The maximum atomic E-state index is 12.3. The quantitative estimate of drug-likeness (QED) is 0.522. The summed E-state index contributed by atoms with van der Waals surface area (Å²) in [4.78, 5) is 16.4. The van der Waals surface area contributed by atoms with Crippen LogP contribution in [0.2, 0.25) is 0 Å². The second-order valence-electron chi connectivity index (χ2n) is 4.15. The van der Waals surface area contributed by atoms with Crippen molar-refractivity contribution in [3.63, 3.8) is 0 Å². The summed E-state index contributed by atoms with van der Waals surface area (Å²) in [6.07, 6.45) is 1.64. The number of hydrogen-bond donors (Lipinski definition) is 1. The number of allylic oxidation sites excluding steroid dienone is 2. The molecule has 0 amide bonds. The van der Waals surface area contributed by atoms with Crippen molar-refractivity contribution in [2.45, 2.75) is 6.92 Å². The molecule has 1 aromatic heterocycles. The molecule has 0 bridgehead atoms. The zero-order valence-electron chi connectivity index (χ0n) is 11.0. The molecule has 2 rings (SSSR count). The van der Waals surface area contributed by atoms with Crippen molar-refractivity contribution in [3.8, 4) is 6.07 Å². The smallest absolute Gasteiger partial charge is 0.205 e. The van der Waals surface area contributed by atoms with Gasteiger partial charge in [0.1, 0.15) is 17.5 Å². The molecule has 1 heterocycles. The van der Waals surface area contributed by atoms with E-state index in [2.05, 4.69) is 10.3 Å². The fraction of sp³-hybridized carbons (Fsp3) is 0.0625. The van der Waals surface area contributed by atoms with E-state index in [1.807, 2.05) is 18.2 Å². The Hall–Kier alpha value is -2.93. The summed E-state index contributed by atoms with van der Waals surface area (Å²) in [5.74, 6) is 0.299. The van der Waals surface area contributed by atoms with E-state index in [0.717, 1.165) is 0 Å². The summed E-state index contributed by atoms with van der Waals surface area (Å²) in [7, 11) is 0. The van der Waals surface area contributed by atoms with E-state index >= 15 is 0 Å². The molecule has 2 aromatic rings. The first-order valence-electron chi connectivity index (χ1n) is 6.11. The highest BCUT2D eigenvalue weighted by Crippen LogP contribution is 2.14. The summed E-state index contributed by atoms with van der Waals surface area (Å²) in [6, 6.07) is 16.1. The molecule has 0 atom stereocenters. The molecule has 0 spiro atoms. The second kappa shape index (κ2) is 6.30. The third-order valence-electron chi connectivity index (χ3n) is 2.73. The van der Waals surface area contributed by atoms with Crippen molar-refractivity contribution in [3.05, 3.63) is 71.6 Å². The summed E-state index contributed by atoms with van der Waals surface area (Å²) in [6.45, 7) is 1.69. The summed E-state index contributed by atoms with van der Waals surface area (Å²) in [5, 5.41) is 12.2. The van der Waals surface area contributed by atoms with E-state index in [4.69, 9.17) is 0 Å². The van der Waals surface area contributed by atoms with Gasteiger partial charge in [0.2, 0.25) is 5.78 Å². The molecule has 20 heavy (non-hydrogen) atoms. The summed E-state index contributed by atoms with van der Waals surface area (Å²) >= 11 is 0. The molecule has 1 aromatic carbocycles. The zero-order chi connectivity index (χ0) is 14.4. The molecule has 0 radical (unpaired) electrons. The largest absolute Gasteiger partial charge is 0.343 e. The van der Waals surface area contributed by atoms with E-state index in [1.54, 1.807) is 49.5 Å². The van der Waals surface area contributed by atoms with Crippen molar-refractivity contribution in [1.82, 2.24) is 4.98 Å². The molecular weight excluding hydrogens is 250 g/mol. The Morgan fingerprint density at radius 2 is 1.85 bits per heavy atom. The van der Waals surface area contributed by atoms with Crippen molar-refractivity contribution in [2.24, 2.45) is 0 Å². The van der Waals surface area contributed by atoms with Crippen molar-refractivity contribution >= 4 is 11.6 Å². The predicted molar refractivity (Wildman–Crippen MR) is 76.9 cm³/mol. The Bertz CT molecular complexity index is 670. The van der Waals surface area contributed by atoms with Gasteiger partial charge in [-0.1, -0.05) is 36.4 Å². The van der Waals surface area contributed by atoms with Crippen LogP contribution in [0.3, 0.4) is 0 Å². The number of ketones is 1. The van der Waals surface area contributed by atoms with Gasteiger partial charge in [0, 0.05) is 17.5 Å². The Balaban J connectivity index is 2.29. The molecular formula is C16H13N3O. The third kappa shape index (κ3) is 3.09. The van der Waals surface area contributed by atoms with E-state index in [0.29, 0.717) is 17.1 Å². The van der Waals surface area contributed by atoms with Gasteiger partial charge >= 0.3 is 0 Å². The molecule has 0 saturated carbocycles. The third-order valence-corrected chi connectivity index (χ3v) is 2.73. The number of carbonyl (C=O) groups excluding carboxylic acids is 1. The number of carbonyl (C=O) groups is 1. The molecule has 0 unspecified atom stereocenters. The minimum atomic E-state index is -0.297. The number of nitriles is 1. The van der Waals surface area contributed by atoms with Crippen molar-refractivity contribution in [1.29, 1.82) is 5.26 Å². The maximum Gasteiger partial charge on any atom is 0.205 e. The normalized spacial score (nSPS) is 11.2. The molecule has 1 N–H and O–H groups in total. The molecule has 4 heteroatoms. The monoisotopic (exact) mass is 263 g/mol. The minimum absolute atomic E-state index is 0.0850. The molecule has 0 aliphatic heterocycles. The topological polar surface area (TPSA) is 65.8 Å². The molecule has 0 aliphatic carbocycles. The van der Waals surface area contributed by atoms with Gasteiger partial charge in [-0.15, -0.1) is 0 Å². The average molecular weight is 263 g/mol. The van der Waals surface area contributed by atoms with Crippen LogP contribution in [0.1, 0.15) is 17.3 Å². The van der Waals surface area contributed by atoms with Gasteiger partial charge in [0.05, 0.1) is 0 Å². The molecule has 98 valence electrons. The van der Waals surface area contributed by atoms with Gasteiger partial charge in [-0.3, -0.25) is 4.79 Å². The Labute approximate surface area is 117 Å².